The highest BCUT2D eigenvalue weighted by Crippen LogP contribution is 2.24. The van der Waals surface area contributed by atoms with E-state index >= 15 is 0 Å². The first-order valence-corrected chi connectivity index (χ1v) is 7.82. The van der Waals surface area contributed by atoms with Crippen LogP contribution < -0.4 is 5.32 Å². The minimum Gasteiger partial charge on any atom is -0.352 e. The third-order valence-electron chi connectivity index (χ3n) is 4.63. The summed E-state index contributed by atoms with van der Waals surface area (Å²) in [6.45, 7) is 0.683. The molecule has 116 valence electrons. The summed E-state index contributed by atoms with van der Waals surface area (Å²) in [5, 5.41) is 2.95. The average molecular weight is 300 g/mol. The van der Waals surface area contributed by atoms with Gasteiger partial charge in [-0.2, -0.15) is 0 Å². The molecule has 0 radical (unpaired) electrons. The Morgan fingerprint density at radius 1 is 1.14 bits per heavy atom. The normalized spacial score (nSPS) is 18.5. The van der Waals surface area contributed by atoms with E-state index in [9.17, 15) is 14.4 Å². The van der Waals surface area contributed by atoms with Crippen LogP contribution in [0, 0.1) is 5.92 Å². The zero-order chi connectivity index (χ0) is 15.7. The van der Waals surface area contributed by atoms with Gasteiger partial charge in [-0.1, -0.05) is 19.3 Å². The Kier molecular flexibility index (Phi) is 3.96. The molecule has 1 heterocycles. The molecule has 1 saturated carbocycles. The number of hydrogen-bond acceptors (Lipinski definition) is 3. The lowest BCUT2D eigenvalue weighted by Gasteiger charge is -2.21. The molecular weight excluding hydrogens is 280 g/mol. The van der Waals surface area contributed by atoms with Gasteiger partial charge in [-0.3, -0.25) is 19.3 Å². The number of nitrogens with zero attached hydrogens (tertiary/aromatic N) is 1. The summed E-state index contributed by atoms with van der Waals surface area (Å²) < 4.78 is 0. The van der Waals surface area contributed by atoms with Gasteiger partial charge in [0.1, 0.15) is 0 Å². The summed E-state index contributed by atoms with van der Waals surface area (Å²) in [6.07, 6.45) is 6.11. The Labute approximate surface area is 129 Å². The van der Waals surface area contributed by atoms with Gasteiger partial charge < -0.3 is 5.32 Å². The summed E-state index contributed by atoms with van der Waals surface area (Å²) in [5.74, 6) is -0.277. The van der Waals surface area contributed by atoms with Crippen molar-refractivity contribution in [3.05, 3.63) is 34.9 Å². The minimum absolute atomic E-state index is 0.178. The van der Waals surface area contributed by atoms with Crippen molar-refractivity contribution in [1.29, 1.82) is 0 Å². The molecule has 0 saturated heterocycles. The van der Waals surface area contributed by atoms with E-state index in [0.29, 0.717) is 29.2 Å². The number of benzene rings is 1. The van der Waals surface area contributed by atoms with Crippen LogP contribution in [-0.2, 0) is 0 Å². The van der Waals surface area contributed by atoms with Crippen molar-refractivity contribution >= 4 is 17.7 Å². The number of carbonyl (C=O) groups excluding carboxylic acids is 3. The zero-order valence-electron chi connectivity index (χ0n) is 12.7. The number of imide groups is 1. The third-order valence-corrected chi connectivity index (χ3v) is 4.63. The summed E-state index contributed by atoms with van der Waals surface area (Å²) in [5.41, 5.74) is 1.13. The molecule has 0 aromatic heterocycles. The lowest BCUT2D eigenvalue weighted by atomic mass is 9.89. The van der Waals surface area contributed by atoms with Crippen LogP contribution in [0.1, 0.15) is 63.2 Å². The van der Waals surface area contributed by atoms with Crippen molar-refractivity contribution in [2.24, 2.45) is 5.92 Å². The van der Waals surface area contributed by atoms with Crippen LogP contribution in [0.4, 0.5) is 0 Å². The van der Waals surface area contributed by atoms with Crippen LogP contribution in [0.25, 0.3) is 0 Å². The van der Waals surface area contributed by atoms with Gasteiger partial charge in [0.2, 0.25) is 0 Å². The van der Waals surface area contributed by atoms with Crippen molar-refractivity contribution < 1.29 is 14.4 Å². The van der Waals surface area contributed by atoms with Crippen molar-refractivity contribution in [2.45, 2.75) is 32.1 Å². The van der Waals surface area contributed by atoms with Crippen LogP contribution in [0.2, 0.25) is 0 Å². The first kappa shape index (κ1) is 14.8. The quantitative estimate of drug-likeness (QED) is 0.870. The van der Waals surface area contributed by atoms with Gasteiger partial charge in [0.15, 0.2) is 0 Å². The molecule has 2 aliphatic rings. The van der Waals surface area contributed by atoms with Crippen LogP contribution in [0.5, 0.6) is 0 Å². The second-order valence-electron chi connectivity index (χ2n) is 6.14. The van der Waals surface area contributed by atoms with Crippen molar-refractivity contribution in [3.8, 4) is 0 Å². The maximum atomic E-state index is 12.2. The van der Waals surface area contributed by atoms with E-state index in [0.717, 1.165) is 4.90 Å². The standard InChI is InChI=1S/C17H20N2O3/c1-19-16(21)13-8-7-12(9-14(13)17(19)22)15(20)18-10-11-5-3-2-4-6-11/h7-9,11H,2-6,10H2,1H3,(H,18,20). The smallest absolute Gasteiger partial charge is 0.261 e. The second-order valence-corrected chi connectivity index (χ2v) is 6.14. The van der Waals surface area contributed by atoms with Gasteiger partial charge in [-0.05, 0) is 37.0 Å². The summed E-state index contributed by atoms with van der Waals surface area (Å²) >= 11 is 0. The molecule has 1 aliphatic heterocycles. The van der Waals surface area contributed by atoms with Gasteiger partial charge in [0.05, 0.1) is 11.1 Å². The van der Waals surface area contributed by atoms with Gasteiger partial charge >= 0.3 is 0 Å². The number of rotatable bonds is 3. The largest absolute Gasteiger partial charge is 0.352 e. The highest BCUT2D eigenvalue weighted by Gasteiger charge is 2.33. The van der Waals surface area contributed by atoms with E-state index < -0.39 is 0 Å². The fourth-order valence-corrected chi connectivity index (χ4v) is 3.23. The highest BCUT2D eigenvalue weighted by molar-refractivity contribution is 6.21. The first-order chi connectivity index (χ1) is 10.6. The molecule has 0 spiro atoms. The fourth-order valence-electron chi connectivity index (χ4n) is 3.23. The molecule has 0 unspecified atom stereocenters. The van der Waals surface area contributed by atoms with Crippen molar-refractivity contribution in [1.82, 2.24) is 10.2 Å². The molecule has 5 heteroatoms. The van der Waals surface area contributed by atoms with Gasteiger partial charge in [0, 0.05) is 19.2 Å². The summed E-state index contributed by atoms with van der Waals surface area (Å²) in [7, 11) is 1.45. The third kappa shape index (κ3) is 2.63. The Hall–Kier alpha value is -2.17. The minimum atomic E-state index is -0.345. The molecule has 1 N–H and O–H groups in total. The monoisotopic (exact) mass is 300 g/mol. The number of hydrogen-bond donors (Lipinski definition) is 1. The van der Waals surface area contributed by atoms with Crippen molar-refractivity contribution in [2.75, 3.05) is 13.6 Å². The molecule has 1 aliphatic carbocycles. The summed E-state index contributed by atoms with van der Waals surface area (Å²) in [4.78, 5) is 37.1. The Morgan fingerprint density at radius 3 is 2.55 bits per heavy atom. The van der Waals surface area contributed by atoms with E-state index in [2.05, 4.69) is 5.32 Å². The predicted molar refractivity (Wildman–Crippen MR) is 81.8 cm³/mol. The Morgan fingerprint density at radius 2 is 1.82 bits per heavy atom. The number of amides is 3. The molecule has 0 atom stereocenters. The van der Waals surface area contributed by atoms with E-state index in [1.54, 1.807) is 12.1 Å². The van der Waals surface area contributed by atoms with Crippen LogP contribution in [-0.4, -0.2) is 36.2 Å². The number of carbonyl (C=O) groups is 3. The number of fused-ring (bicyclic) bond motifs is 1. The van der Waals surface area contributed by atoms with Crippen LogP contribution >= 0.6 is 0 Å². The maximum Gasteiger partial charge on any atom is 0.261 e. The molecule has 1 aromatic rings. The highest BCUT2D eigenvalue weighted by atomic mass is 16.2. The lowest BCUT2D eigenvalue weighted by molar-refractivity contribution is 0.0693. The predicted octanol–water partition coefficient (Wildman–Crippen LogP) is 2.22. The average Bonchev–Trinajstić information content (AvgIpc) is 2.78. The Balaban J connectivity index is 1.69. The SMILES string of the molecule is CN1C(=O)c2ccc(C(=O)NCC3CCCCC3)cc2C1=O. The van der Waals surface area contributed by atoms with Crippen LogP contribution in [0.15, 0.2) is 18.2 Å². The summed E-state index contributed by atoms with van der Waals surface area (Å²) in [6, 6.07) is 4.70. The Bertz CT molecular complexity index is 633. The van der Waals surface area contributed by atoms with Gasteiger partial charge in [-0.25, -0.2) is 0 Å². The molecule has 5 nitrogen and oxygen atoms in total. The molecule has 3 amide bonds. The van der Waals surface area contributed by atoms with E-state index in [4.69, 9.17) is 0 Å². The fraction of sp³-hybridized carbons (Fsp3) is 0.471. The second kappa shape index (κ2) is 5.91. The molecule has 1 aromatic carbocycles. The van der Waals surface area contributed by atoms with Gasteiger partial charge in [-0.15, -0.1) is 0 Å². The maximum absolute atomic E-state index is 12.2. The topological polar surface area (TPSA) is 66.5 Å². The van der Waals surface area contributed by atoms with E-state index in [-0.39, 0.29) is 17.7 Å². The van der Waals surface area contributed by atoms with E-state index in [1.165, 1.54) is 45.2 Å². The molecule has 22 heavy (non-hydrogen) atoms. The van der Waals surface area contributed by atoms with Crippen LogP contribution in [0.3, 0.4) is 0 Å². The molecular formula is C17H20N2O3. The zero-order valence-corrected chi connectivity index (χ0v) is 12.7. The first-order valence-electron chi connectivity index (χ1n) is 7.82. The molecule has 1 fully saturated rings. The lowest BCUT2D eigenvalue weighted by Crippen LogP contribution is -2.30. The molecule has 3 rings (SSSR count). The van der Waals surface area contributed by atoms with Gasteiger partial charge in [0.25, 0.3) is 17.7 Å². The van der Waals surface area contributed by atoms with Crippen molar-refractivity contribution in [3.63, 3.8) is 0 Å². The number of nitrogens with one attached hydrogen (secondary N) is 1. The van der Waals surface area contributed by atoms with E-state index in [1.807, 2.05) is 0 Å². The molecule has 0 bridgehead atoms.